The molecule has 3 unspecified atom stereocenters. The van der Waals surface area contributed by atoms with Gasteiger partial charge in [-0.3, -0.25) is 9.59 Å². The van der Waals surface area contributed by atoms with Gasteiger partial charge in [-0.25, -0.2) is 4.79 Å². The molecule has 0 aromatic heterocycles. The van der Waals surface area contributed by atoms with Crippen LogP contribution in [0.1, 0.15) is 95.9 Å². The summed E-state index contributed by atoms with van der Waals surface area (Å²) in [7, 11) is 0. The lowest BCUT2D eigenvalue weighted by atomic mass is 9.91. The molecular weight excluding hydrogens is 466 g/mol. The zero-order chi connectivity index (χ0) is 27.8. The van der Waals surface area contributed by atoms with Crippen molar-refractivity contribution in [3.05, 3.63) is 47.5 Å². The van der Waals surface area contributed by atoms with Crippen LogP contribution in [-0.4, -0.2) is 47.0 Å². The first kappa shape index (κ1) is 30.4. The first-order valence-corrected chi connectivity index (χ1v) is 13.7. The van der Waals surface area contributed by atoms with Crippen molar-refractivity contribution in [2.75, 3.05) is 6.54 Å². The van der Waals surface area contributed by atoms with Gasteiger partial charge in [0.05, 0.1) is 0 Å². The van der Waals surface area contributed by atoms with Crippen molar-refractivity contribution in [2.24, 2.45) is 5.92 Å². The van der Waals surface area contributed by atoms with E-state index in [-0.39, 0.29) is 30.3 Å². The molecule has 1 saturated carbocycles. The third kappa shape index (κ3) is 8.61. The number of benzene rings is 1. The van der Waals surface area contributed by atoms with E-state index >= 15 is 0 Å². The van der Waals surface area contributed by atoms with Crippen LogP contribution in [0.5, 0.6) is 0 Å². The molecule has 7 heteroatoms. The molecule has 0 aliphatic heterocycles. The van der Waals surface area contributed by atoms with E-state index in [2.05, 4.69) is 17.2 Å². The van der Waals surface area contributed by atoms with Crippen LogP contribution >= 0.6 is 0 Å². The molecule has 37 heavy (non-hydrogen) atoms. The van der Waals surface area contributed by atoms with Crippen LogP contribution < -0.4 is 10.6 Å². The third-order valence-corrected chi connectivity index (χ3v) is 7.09. The van der Waals surface area contributed by atoms with E-state index in [1.165, 1.54) is 6.42 Å². The summed E-state index contributed by atoms with van der Waals surface area (Å²) < 4.78 is 5.46. The third-order valence-electron chi connectivity index (χ3n) is 7.09. The highest BCUT2D eigenvalue weighted by molar-refractivity contribution is 5.93. The summed E-state index contributed by atoms with van der Waals surface area (Å²) in [6, 6.07) is 4.28. The second kappa shape index (κ2) is 13.6. The number of carbonyl (C=O) groups is 3. The number of hydrogen-bond acceptors (Lipinski definition) is 4. The first-order valence-electron chi connectivity index (χ1n) is 13.7. The minimum absolute atomic E-state index is 0.0963. The van der Waals surface area contributed by atoms with Gasteiger partial charge in [0.15, 0.2) is 0 Å². The van der Waals surface area contributed by atoms with Crippen LogP contribution in [0.3, 0.4) is 0 Å². The van der Waals surface area contributed by atoms with Crippen molar-refractivity contribution >= 4 is 17.9 Å². The molecule has 1 aliphatic carbocycles. The Balaban J connectivity index is 2.52. The fourth-order valence-corrected chi connectivity index (χ4v) is 4.97. The van der Waals surface area contributed by atoms with Gasteiger partial charge < -0.3 is 20.3 Å². The summed E-state index contributed by atoms with van der Waals surface area (Å²) in [5.74, 6) is -0.696. The largest absolute Gasteiger partial charge is 0.444 e. The number of aryl methyl sites for hydroxylation is 2. The van der Waals surface area contributed by atoms with Gasteiger partial charge in [-0.2, -0.15) is 0 Å². The lowest BCUT2D eigenvalue weighted by Gasteiger charge is -2.37. The zero-order valence-corrected chi connectivity index (χ0v) is 23.9. The molecule has 7 nitrogen and oxygen atoms in total. The van der Waals surface area contributed by atoms with E-state index in [0.717, 1.165) is 42.4 Å². The van der Waals surface area contributed by atoms with Crippen molar-refractivity contribution in [1.29, 1.82) is 0 Å². The summed E-state index contributed by atoms with van der Waals surface area (Å²) >= 11 is 0. The van der Waals surface area contributed by atoms with Crippen LogP contribution in [0, 0.1) is 19.8 Å². The molecule has 0 spiro atoms. The monoisotopic (exact) mass is 513 g/mol. The Labute approximate surface area is 223 Å². The van der Waals surface area contributed by atoms with Gasteiger partial charge >= 0.3 is 6.09 Å². The minimum atomic E-state index is -0.853. The number of carbonyl (C=O) groups excluding carboxylic acids is 3. The quantitative estimate of drug-likeness (QED) is 0.390. The highest BCUT2D eigenvalue weighted by Gasteiger charge is 2.39. The highest BCUT2D eigenvalue weighted by atomic mass is 16.6. The predicted octanol–water partition coefficient (Wildman–Crippen LogP) is 5.75. The average molecular weight is 514 g/mol. The van der Waals surface area contributed by atoms with Crippen molar-refractivity contribution in [2.45, 2.75) is 111 Å². The summed E-state index contributed by atoms with van der Waals surface area (Å²) in [4.78, 5) is 42.4. The smallest absolute Gasteiger partial charge is 0.408 e. The number of amides is 3. The molecule has 3 amide bonds. The fourth-order valence-electron chi connectivity index (χ4n) is 4.97. The van der Waals surface area contributed by atoms with Crippen LogP contribution in [0.2, 0.25) is 0 Å². The van der Waals surface area contributed by atoms with Crippen LogP contribution in [0.4, 0.5) is 4.79 Å². The number of rotatable bonds is 10. The maximum absolute atomic E-state index is 14.2. The fraction of sp³-hybridized carbons (Fsp3) is 0.633. The molecule has 206 valence electrons. The van der Waals surface area contributed by atoms with Crippen LogP contribution in [0.25, 0.3) is 0 Å². The first-order chi connectivity index (χ1) is 17.4. The van der Waals surface area contributed by atoms with Crippen LogP contribution in [-0.2, 0) is 14.3 Å². The standard InChI is InChI=1S/C30H47N3O4/c1-9-19-33(28(35)25(20(3)10-2)32-29(36)37-30(6,7)8)26(24-21(4)15-14-16-22(24)5)27(34)31-23-17-12-11-13-18-23/h9,14-16,20,23,25-26H,1,10-13,17-19H2,2-8H3,(H,31,34)(H,32,36). The van der Waals surface area contributed by atoms with E-state index in [1.807, 2.05) is 45.9 Å². The number of nitrogens with one attached hydrogen (secondary N) is 2. The Bertz CT molecular complexity index is 926. The molecular formula is C30H47N3O4. The summed E-state index contributed by atoms with van der Waals surface area (Å²) in [6.07, 6.45) is 6.88. The molecule has 1 aliphatic rings. The van der Waals surface area contributed by atoms with Gasteiger partial charge in [-0.05, 0) is 70.1 Å². The Morgan fingerprint density at radius 1 is 1.14 bits per heavy atom. The van der Waals surface area contributed by atoms with Gasteiger partial charge in [0, 0.05) is 12.6 Å². The van der Waals surface area contributed by atoms with Crippen molar-refractivity contribution in [1.82, 2.24) is 15.5 Å². The zero-order valence-electron chi connectivity index (χ0n) is 23.9. The second-order valence-corrected chi connectivity index (χ2v) is 11.3. The van der Waals surface area contributed by atoms with Crippen molar-refractivity contribution in [3.63, 3.8) is 0 Å². The Morgan fingerprint density at radius 2 is 1.73 bits per heavy atom. The number of alkyl carbamates (subject to hydrolysis) is 1. The Morgan fingerprint density at radius 3 is 2.24 bits per heavy atom. The molecule has 0 bridgehead atoms. The minimum Gasteiger partial charge on any atom is -0.444 e. The lowest BCUT2D eigenvalue weighted by Crippen LogP contribution is -2.56. The van der Waals surface area contributed by atoms with Gasteiger partial charge in [0.1, 0.15) is 17.7 Å². The van der Waals surface area contributed by atoms with Crippen molar-refractivity contribution < 1.29 is 19.1 Å². The van der Waals surface area contributed by atoms with Gasteiger partial charge in [0.25, 0.3) is 0 Å². The second-order valence-electron chi connectivity index (χ2n) is 11.3. The molecule has 2 N–H and O–H groups in total. The summed E-state index contributed by atoms with van der Waals surface area (Å²) in [6.45, 7) is 17.2. The molecule has 1 aromatic rings. The Kier molecular flexibility index (Phi) is 11.2. The van der Waals surface area contributed by atoms with E-state index in [1.54, 1.807) is 31.7 Å². The van der Waals surface area contributed by atoms with Gasteiger partial charge in [0.2, 0.25) is 11.8 Å². The maximum atomic E-state index is 14.2. The van der Waals surface area contributed by atoms with E-state index in [4.69, 9.17) is 4.74 Å². The number of nitrogens with zero attached hydrogens (tertiary/aromatic N) is 1. The average Bonchev–Trinajstić information content (AvgIpc) is 2.82. The highest BCUT2D eigenvalue weighted by Crippen LogP contribution is 2.30. The number of ether oxygens (including phenoxy) is 1. The van der Waals surface area contributed by atoms with E-state index in [9.17, 15) is 14.4 Å². The molecule has 0 radical (unpaired) electrons. The van der Waals surface area contributed by atoms with Crippen molar-refractivity contribution in [3.8, 4) is 0 Å². The number of hydrogen-bond donors (Lipinski definition) is 2. The SMILES string of the molecule is C=CCN(C(=O)C(NC(=O)OC(C)(C)C)C(C)CC)C(C(=O)NC1CCCCC1)c1c(C)cccc1C. The predicted molar refractivity (Wildman–Crippen MR) is 148 cm³/mol. The molecule has 0 saturated heterocycles. The molecule has 1 fully saturated rings. The summed E-state index contributed by atoms with van der Waals surface area (Å²) in [5.41, 5.74) is 1.98. The topological polar surface area (TPSA) is 87.7 Å². The lowest BCUT2D eigenvalue weighted by molar-refractivity contribution is -0.143. The molecule has 2 rings (SSSR count). The van der Waals surface area contributed by atoms with E-state index < -0.39 is 23.8 Å². The molecule has 1 aromatic carbocycles. The van der Waals surface area contributed by atoms with E-state index in [0.29, 0.717) is 6.42 Å². The van der Waals surface area contributed by atoms with Gasteiger partial charge in [-0.1, -0.05) is 63.8 Å². The molecule has 3 atom stereocenters. The van der Waals surface area contributed by atoms with Gasteiger partial charge in [-0.15, -0.1) is 6.58 Å². The molecule has 0 heterocycles. The summed E-state index contributed by atoms with van der Waals surface area (Å²) in [5, 5.41) is 6.04. The maximum Gasteiger partial charge on any atom is 0.408 e. The Hall–Kier alpha value is -2.83. The normalized spacial score (nSPS) is 16.7. The van der Waals surface area contributed by atoms with Crippen LogP contribution in [0.15, 0.2) is 30.9 Å².